The molecule has 108 valence electrons. The first-order chi connectivity index (χ1) is 10.2. The summed E-state index contributed by atoms with van der Waals surface area (Å²) in [6.07, 6.45) is 0. The Morgan fingerprint density at radius 1 is 1.14 bits per heavy atom. The molecule has 0 saturated carbocycles. The van der Waals surface area contributed by atoms with E-state index >= 15 is 0 Å². The van der Waals surface area contributed by atoms with Gasteiger partial charge in [0.2, 0.25) is 0 Å². The van der Waals surface area contributed by atoms with Gasteiger partial charge in [-0.05, 0) is 35.9 Å². The molecule has 0 amide bonds. The highest BCUT2D eigenvalue weighted by molar-refractivity contribution is 5.50. The summed E-state index contributed by atoms with van der Waals surface area (Å²) in [7, 11) is 3.74. The van der Waals surface area contributed by atoms with Gasteiger partial charge in [-0.1, -0.05) is 30.0 Å². The van der Waals surface area contributed by atoms with Gasteiger partial charge in [0.1, 0.15) is 5.75 Å². The summed E-state index contributed by atoms with van der Waals surface area (Å²) in [5.41, 5.74) is 8.75. The minimum Gasteiger partial charge on any atom is -0.497 e. The first kappa shape index (κ1) is 15.0. The molecule has 0 aromatic heterocycles. The van der Waals surface area contributed by atoms with Gasteiger partial charge < -0.3 is 15.4 Å². The summed E-state index contributed by atoms with van der Waals surface area (Å²) in [5.74, 6) is 6.88. The molecule has 0 bridgehead atoms. The Balaban J connectivity index is 2.28. The molecule has 2 rings (SSSR count). The highest BCUT2D eigenvalue weighted by Gasteiger charge is 2.07. The highest BCUT2D eigenvalue weighted by Crippen LogP contribution is 2.21. The van der Waals surface area contributed by atoms with Gasteiger partial charge in [-0.3, -0.25) is 0 Å². The average molecular weight is 280 g/mol. The maximum Gasteiger partial charge on any atom is 0.119 e. The van der Waals surface area contributed by atoms with Crippen molar-refractivity contribution in [3.63, 3.8) is 0 Å². The largest absolute Gasteiger partial charge is 0.497 e. The number of benzene rings is 2. The van der Waals surface area contributed by atoms with Crippen LogP contribution in [0.4, 0.5) is 5.69 Å². The van der Waals surface area contributed by atoms with Crippen molar-refractivity contribution < 1.29 is 4.74 Å². The molecule has 0 spiro atoms. The van der Waals surface area contributed by atoms with E-state index in [2.05, 4.69) is 35.9 Å². The molecule has 0 atom stereocenters. The number of nitrogens with zero attached hydrogens (tertiary/aromatic N) is 1. The molecule has 0 unspecified atom stereocenters. The van der Waals surface area contributed by atoms with E-state index in [-0.39, 0.29) is 0 Å². The molecular formula is C18H20N2O. The van der Waals surface area contributed by atoms with E-state index in [1.165, 1.54) is 0 Å². The molecule has 3 nitrogen and oxygen atoms in total. The molecule has 3 heteroatoms. The zero-order chi connectivity index (χ0) is 15.1. The molecule has 21 heavy (non-hydrogen) atoms. The molecule has 0 aliphatic heterocycles. The van der Waals surface area contributed by atoms with E-state index in [0.29, 0.717) is 6.54 Å². The van der Waals surface area contributed by atoms with Crippen LogP contribution in [0, 0.1) is 11.8 Å². The van der Waals surface area contributed by atoms with E-state index in [1.54, 1.807) is 7.11 Å². The topological polar surface area (TPSA) is 38.5 Å². The Morgan fingerprint density at radius 2 is 1.90 bits per heavy atom. The SMILES string of the molecule is COc1ccc(C#CCN)c(CN(C)c2ccccc2)c1. The number of anilines is 1. The van der Waals surface area contributed by atoms with Crippen LogP contribution >= 0.6 is 0 Å². The van der Waals surface area contributed by atoms with Gasteiger partial charge in [0.15, 0.2) is 0 Å². The second-order valence-electron chi connectivity index (χ2n) is 4.72. The van der Waals surface area contributed by atoms with Crippen LogP contribution in [0.5, 0.6) is 5.75 Å². The van der Waals surface area contributed by atoms with Crippen molar-refractivity contribution in [1.82, 2.24) is 0 Å². The first-order valence-electron chi connectivity index (χ1n) is 6.86. The highest BCUT2D eigenvalue weighted by atomic mass is 16.5. The zero-order valence-electron chi connectivity index (χ0n) is 12.5. The van der Waals surface area contributed by atoms with E-state index in [0.717, 1.165) is 29.1 Å². The Labute approximate surface area is 126 Å². The molecule has 0 aliphatic rings. The van der Waals surface area contributed by atoms with Crippen LogP contribution in [0.2, 0.25) is 0 Å². The molecule has 2 N–H and O–H groups in total. The van der Waals surface area contributed by atoms with E-state index < -0.39 is 0 Å². The van der Waals surface area contributed by atoms with Crippen LogP contribution in [0.25, 0.3) is 0 Å². The van der Waals surface area contributed by atoms with Crippen molar-refractivity contribution in [2.45, 2.75) is 6.54 Å². The molecule has 0 radical (unpaired) electrons. The average Bonchev–Trinajstić information content (AvgIpc) is 2.54. The van der Waals surface area contributed by atoms with Crippen LogP contribution < -0.4 is 15.4 Å². The third kappa shape index (κ3) is 4.01. The third-order valence-electron chi connectivity index (χ3n) is 3.24. The molecule has 0 heterocycles. The Morgan fingerprint density at radius 3 is 2.57 bits per heavy atom. The van der Waals surface area contributed by atoms with Gasteiger partial charge >= 0.3 is 0 Å². The van der Waals surface area contributed by atoms with Crippen molar-refractivity contribution in [3.8, 4) is 17.6 Å². The van der Waals surface area contributed by atoms with Crippen LogP contribution in [-0.4, -0.2) is 20.7 Å². The van der Waals surface area contributed by atoms with Crippen molar-refractivity contribution in [2.24, 2.45) is 5.73 Å². The number of hydrogen-bond donors (Lipinski definition) is 1. The fraction of sp³-hybridized carbons (Fsp3) is 0.222. The van der Waals surface area contributed by atoms with Crippen molar-refractivity contribution >= 4 is 5.69 Å². The zero-order valence-corrected chi connectivity index (χ0v) is 12.5. The van der Waals surface area contributed by atoms with Crippen LogP contribution in [0.15, 0.2) is 48.5 Å². The van der Waals surface area contributed by atoms with Gasteiger partial charge in [-0.2, -0.15) is 0 Å². The van der Waals surface area contributed by atoms with Crippen molar-refractivity contribution in [2.75, 3.05) is 25.6 Å². The number of hydrogen-bond acceptors (Lipinski definition) is 3. The Kier molecular flexibility index (Phi) is 5.25. The van der Waals surface area contributed by atoms with Gasteiger partial charge in [-0.15, -0.1) is 0 Å². The fourth-order valence-corrected chi connectivity index (χ4v) is 2.13. The Hall–Kier alpha value is -2.44. The van der Waals surface area contributed by atoms with Gasteiger partial charge in [0.25, 0.3) is 0 Å². The molecule has 0 saturated heterocycles. The Bertz CT molecular complexity index is 641. The number of methoxy groups -OCH3 is 1. The van der Waals surface area contributed by atoms with Gasteiger partial charge in [0, 0.05) is 24.8 Å². The summed E-state index contributed by atoms with van der Waals surface area (Å²) in [5, 5.41) is 0. The minimum absolute atomic E-state index is 0.361. The van der Waals surface area contributed by atoms with Crippen LogP contribution in [0.1, 0.15) is 11.1 Å². The molecule has 0 fully saturated rings. The maximum atomic E-state index is 5.47. The monoisotopic (exact) mass is 280 g/mol. The minimum atomic E-state index is 0.361. The number of para-hydroxylation sites is 1. The predicted octanol–water partition coefficient (Wildman–Crippen LogP) is 2.64. The maximum absolute atomic E-state index is 5.47. The normalized spacial score (nSPS) is 9.67. The summed E-state index contributed by atoms with van der Waals surface area (Å²) >= 11 is 0. The van der Waals surface area contributed by atoms with Crippen molar-refractivity contribution in [3.05, 3.63) is 59.7 Å². The lowest BCUT2D eigenvalue weighted by molar-refractivity contribution is 0.414. The smallest absolute Gasteiger partial charge is 0.119 e. The summed E-state index contributed by atoms with van der Waals surface area (Å²) in [6.45, 7) is 1.12. The fourth-order valence-electron chi connectivity index (χ4n) is 2.13. The molecular weight excluding hydrogens is 260 g/mol. The number of nitrogens with two attached hydrogens (primary N) is 1. The summed E-state index contributed by atoms with van der Waals surface area (Å²) < 4.78 is 5.31. The molecule has 2 aromatic rings. The van der Waals surface area contributed by atoms with E-state index in [1.807, 2.05) is 36.4 Å². The summed E-state index contributed by atoms with van der Waals surface area (Å²) in [4.78, 5) is 2.18. The molecule has 0 aliphatic carbocycles. The van der Waals surface area contributed by atoms with Crippen molar-refractivity contribution in [1.29, 1.82) is 0 Å². The van der Waals surface area contributed by atoms with Gasteiger partial charge in [-0.25, -0.2) is 0 Å². The first-order valence-corrected chi connectivity index (χ1v) is 6.86. The van der Waals surface area contributed by atoms with E-state index in [9.17, 15) is 0 Å². The van der Waals surface area contributed by atoms with Crippen LogP contribution in [-0.2, 0) is 6.54 Å². The van der Waals surface area contributed by atoms with Crippen LogP contribution in [0.3, 0.4) is 0 Å². The molecule has 2 aromatic carbocycles. The third-order valence-corrected chi connectivity index (χ3v) is 3.24. The quantitative estimate of drug-likeness (QED) is 0.875. The lowest BCUT2D eigenvalue weighted by Gasteiger charge is -2.20. The second kappa shape index (κ2) is 7.37. The summed E-state index contributed by atoms with van der Waals surface area (Å²) in [6, 6.07) is 16.2. The standard InChI is InChI=1S/C18H20N2O/c1-20(17-8-4-3-5-9-17)14-16-13-18(21-2)11-10-15(16)7-6-12-19/h3-5,8-11,13H,12,14,19H2,1-2H3. The number of ether oxygens (including phenoxy) is 1. The predicted molar refractivity (Wildman–Crippen MR) is 87.5 cm³/mol. The van der Waals surface area contributed by atoms with E-state index in [4.69, 9.17) is 10.5 Å². The van der Waals surface area contributed by atoms with Gasteiger partial charge in [0.05, 0.1) is 13.7 Å². The lowest BCUT2D eigenvalue weighted by Crippen LogP contribution is -2.17. The lowest BCUT2D eigenvalue weighted by atomic mass is 10.1. The second-order valence-corrected chi connectivity index (χ2v) is 4.72. The number of rotatable bonds is 4.